The van der Waals surface area contributed by atoms with Gasteiger partial charge in [-0.2, -0.15) is 0 Å². The lowest BCUT2D eigenvalue weighted by Gasteiger charge is -2.30. The largest absolute Gasteiger partial charge is 0.484 e. The highest BCUT2D eigenvalue weighted by Crippen LogP contribution is 2.17. The summed E-state index contributed by atoms with van der Waals surface area (Å²) in [5, 5.41) is 2.66. The molecule has 0 radical (unpaired) electrons. The number of likely N-dealkylation sites (N-methyl/N-ethyl adjacent to an activating group) is 1. The van der Waals surface area contributed by atoms with Crippen LogP contribution in [0.2, 0.25) is 0 Å². The Morgan fingerprint density at radius 1 is 1.11 bits per heavy atom. The third-order valence-electron chi connectivity index (χ3n) is 4.59. The van der Waals surface area contributed by atoms with Gasteiger partial charge in [0.1, 0.15) is 11.8 Å². The van der Waals surface area contributed by atoms with Crippen LogP contribution in [0, 0.1) is 13.8 Å². The number of benzene rings is 2. The van der Waals surface area contributed by atoms with Crippen molar-refractivity contribution in [1.82, 2.24) is 10.2 Å². The molecule has 0 spiro atoms. The van der Waals surface area contributed by atoms with E-state index in [9.17, 15) is 9.59 Å². The lowest BCUT2D eigenvalue weighted by atomic mass is 10.1. The summed E-state index contributed by atoms with van der Waals surface area (Å²) in [5.41, 5.74) is 3.17. The maximum Gasteiger partial charge on any atom is 0.261 e. The van der Waals surface area contributed by atoms with Gasteiger partial charge in [0.05, 0.1) is 0 Å². The van der Waals surface area contributed by atoms with Crippen LogP contribution in [-0.2, 0) is 16.1 Å². The molecule has 1 atom stereocenters. The fourth-order valence-corrected chi connectivity index (χ4v) is 2.99. The van der Waals surface area contributed by atoms with Crippen molar-refractivity contribution >= 4 is 11.8 Å². The summed E-state index contributed by atoms with van der Waals surface area (Å²) in [6.45, 7) is 6.14. The fourth-order valence-electron chi connectivity index (χ4n) is 2.99. The lowest BCUT2D eigenvalue weighted by Crippen LogP contribution is -2.49. The second-order valence-corrected chi connectivity index (χ2v) is 6.59. The summed E-state index contributed by atoms with van der Waals surface area (Å²) < 4.78 is 5.68. The Morgan fingerprint density at radius 2 is 1.85 bits per heavy atom. The van der Waals surface area contributed by atoms with Crippen molar-refractivity contribution in [3.63, 3.8) is 0 Å². The minimum absolute atomic E-state index is 0.108. The molecule has 144 valence electrons. The van der Waals surface area contributed by atoms with Crippen LogP contribution in [0.1, 0.15) is 30.0 Å². The van der Waals surface area contributed by atoms with Crippen molar-refractivity contribution in [3.8, 4) is 5.75 Å². The van der Waals surface area contributed by atoms with Crippen LogP contribution in [0.5, 0.6) is 5.75 Å². The number of hydrogen-bond donors (Lipinski definition) is 1. The molecule has 0 heterocycles. The van der Waals surface area contributed by atoms with Crippen molar-refractivity contribution in [2.24, 2.45) is 0 Å². The van der Waals surface area contributed by atoms with E-state index >= 15 is 0 Å². The average Bonchev–Trinajstić information content (AvgIpc) is 2.67. The summed E-state index contributed by atoms with van der Waals surface area (Å²) in [6.07, 6.45) is 0.530. The minimum Gasteiger partial charge on any atom is -0.484 e. The predicted octanol–water partition coefficient (Wildman–Crippen LogP) is 3.24. The smallest absolute Gasteiger partial charge is 0.261 e. The van der Waals surface area contributed by atoms with E-state index in [2.05, 4.69) is 5.32 Å². The highest BCUT2D eigenvalue weighted by molar-refractivity contribution is 5.88. The molecule has 0 fully saturated rings. The summed E-state index contributed by atoms with van der Waals surface area (Å²) in [4.78, 5) is 26.9. The van der Waals surface area contributed by atoms with E-state index in [1.165, 1.54) is 0 Å². The first-order valence-electron chi connectivity index (χ1n) is 9.21. The Hall–Kier alpha value is -2.82. The van der Waals surface area contributed by atoms with Crippen LogP contribution in [0.4, 0.5) is 0 Å². The van der Waals surface area contributed by atoms with Gasteiger partial charge in [-0.15, -0.1) is 0 Å². The Morgan fingerprint density at radius 3 is 2.48 bits per heavy atom. The molecule has 0 aliphatic carbocycles. The maximum atomic E-state index is 13.0. The number of hydrogen-bond acceptors (Lipinski definition) is 3. The molecule has 0 bridgehead atoms. The van der Waals surface area contributed by atoms with Gasteiger partial charge in [0.25, 0.3) is 5.91 Å². The van der Waals surface area contributed by atoms with Gasteiger partial charge in [0, 0.05) is 13.6 Å². The number of ether oxygens (including phenoxy) is 1. The molecule has 2 amide bonds. The maximum absolute atomic E-state index is 13.0. The molecule has 27 heavy (non-hydrogen) atoms. The number of nitrogens with one attached hydrogen (secondary N) is 1. The standard InChI is InChI=1S/C22H28N2O3/c1-5-20(22(26)23-4)24(14-18-11-7-6-10-17(18)3)21(25)15-27-19-12-8-9-16(2)13-19/h6-13,20H,5,14-15H2,1-4H3,(H,23,26)/t20-/m1/s1. The van der Waals surface area contributed by atoms with Gasteiger partial charge in [0.15, 0.2) is 6.61 Å². The normalized spacial score (nSPS) is 11.6. The zero-order valence-electron chi connectivity index (χ0n) is 16.5. The molecule has 5 heteroatoms. The van der Waals surface area contributed by atoms with E-state index in [1.807, 2.05) is 69.3 Å². The van der Waals surface area contributed by atoms with Crippen molar-refractivity contribution in [2.45, 2.75) is 39.8 Å². The highest BCUT2D eigenvalue weighted by atomic mass is 16.5. The van der Waals surface area contributed by atoms with Crippen LogP contribution in [0.15, 0.2) is 48.5 Å². The molecule has 0 aromatic heterocycles. The molecular weight excluding hydrogens is 340 g/mol. The third-order valence-corrected chi connectivity index (χ3v) is 4.59. The summed E-state index contributed by atoms with van der Waals surface area (Å²) in [6, 6.07) is 14.9. The van der Waals surface area contributed by atoms with Crippen molar-refractivity contribution in [1.29, 1.82) is 0 Å². The van der Waals surface area contributed by atoms with Crippen LogP contribution < -0.4 is 10.1 Å². The first-order chi connectivity index (χ1) is 13.0. The molecule has 2 rings (SSSR count). The van der Waals surface area contributed by atoms with Crippen LogP contribution >= 0.6 is 0 Å². The van der Waals surface area contributed by atoms with Crippen molar-refractivity contribution < 1.29 is 14.3 Å². The minimum atomic E-state index is -0.539. The number of rotatable bonds is 8. The van der Waals surface area contributed by atoms with E-state index in [0.29, 0.717) is 18.7 Å². The zero-order chi connectivity index (χ0) is 19.8. The van der Waals surface area contributed by atoms with E-state index in [-0.39, 0.29) is 18.4 Å². The average molecular weight is 368 g/mol. The van der Waals surface area contributed by atoms with Gasteiger partial charge in [0.2, 0.25) is 5.91 Å². The summed E-state index contributed by atoms with van der Waals surface area (Å²) >= 11 is 0. The number of carbonyl (C=O) groups is 2. The van der Waals surface area contributed by atoms with Gasteiger partial charge in [-0.25, -0.2) is 0 Å². The van der Waals surface area contributed by atoms with E-state index in [4.69, 9.17) is 4.74 Å². The van der Waals surface area contributed by atoms with E-state index in [1.54, 1.807) is 11.9 Å². The van der Waals surface area contributed by atoms with Gasteiger partial charge >= 0.3 is 0 Å². The number of carbonyl (C=O) groups excluding carboxylic acids is 2. The Balaban J connectivity index is 2.20. The SMILES string of the molecule is CC[C@H](C(=O)NC)N(Cc1ccccc1C)C(=O)COc1cccc(C)c1. The fraction of sp³-hybridized carbons (Fsp3) is 0.364. The van der Waals surface area contributed by atoms with Gasteiger partial charge < -0.3 is 15.0 Å². The quantitative estimate of drug-likeness (QED) is 0.778. The number of amides is 2. The molecule has 0 aliphatic heterocycles. The molecule has 0 saturated carbocycles. The second kappa shape index (κ2) is 9.76. The van der Waals surface area contributed by atoms with E-state index < -0.39 is 6.04 Å². The molecule has 0 saturated heterocycles. The first kappa shape index (κ1) is 20.5. The Labute approximate surface area is 161 Å². The summed E-state index contributed by atoms with van der Waals surface area (Å²) in [5.74, 6) is 0.261. The predicted molar refractivity (Wildman–Crippen MR) is 107 cm³/mol. The zero-order valence-corrected chi connectivity index (χ0v) is 16.5. The van der Waals surface area contributed by atoms with Crippen LogP contribution in [0.3, 0.4) is 0 Å². The highest BCUT2D eigenvalue weighted by Gasteiger charge is 2.28. The van der Waals surface area contributed by atoms with Crippen LogP contribution in [0.25, 0.3) is 0 Å². The second-order valence-electron chi connectivity index (χ2n) is 6.59. The molecular formula is C22H28N2O3. The lowest BCUT2D eigenvalue weighted by molar-refractivity contribution is -0.142. The van der Waals surface area contributed by atoms with Crippen LogP contribution in [-0.4, -0.2) is 36.4 Å². The molecule has 0 unspecified atom stereocenters. The Kier molecular flexibility index (Phi) is 7.41. The summed E-state index contributed by atoms with van der Waals surface area (Å²) in [7, 11) is 1.59. The van der Waals surface area contributed by atoms with Crippen molar-refractivity contribution in [2.75, 3.05) is 13.7 Å². The van der Waals surface area contributed by atoms with Gasteiger partial charge in [-0.05, 0) is 49.1 Å². The molecule has 0 aliphatic rings. The van der Waals surface area contributed by atoms with Gasteiger partial charge in [-0.1, -0.05) is 43.3 Å². The molecule has 5 nitrogen and oxygen atoms in total. The van der Waals surface area contributed by atoms with Crippen molar-refractivity contribution in [3.05, 3.63) is 65.2 Å². The number of aryl methyl sites for hydroxylation is 2. The number of nitrogens with zero attached hydrogens (tertiary/aromatic N) is 1. The first-order valence-corrected chi connectivity index (χ1v) is 9.21. The topological polar surface area (TPSA) is 58.6 Å². The monoisotopic (exact) mass is 368 g/mol. The van der Waals surface area contributed by atoms with E-state index in [0.717, 1.165) is 16.7 Å². The Bertz CT molecular complexity index is 789. The molecule has 2 aromatic rings. The molecule has 2 aromatic carbocycles. The molecule has 1 N–H and O–H groups in total. The third kappa shape index (κ3) is 5.58. The van der Waals surface area contributed by atoms with Gasteiger partial charge in [-0.3, -0.25) is 9.59 Å².